The van der Waals surface area contributed by atoms with E-state index in [0.29, 0.717) is 24.0 Å². The molecule has 0 radical (unpaired) electrons. The molecular formula is C22H22FN3O2. The summed E-state index contributed by atoms with van der Waals surface area (Å²) in [5.74, 6) is -0.902. The van der Waals surface area contributed by atoms with Crippen LogP contribution in [0.5, 0.6) is 0 Å². The van der Waals surface area contributed by atoms with E-state index < -0.39 is 11.3 Å². The Morgan fingerprint density at radius 2 is 1.82 bits per heavy atom. The highest BCUT2D eigenvalue weighted by molar-refractivity contribution is 5.89. The number of carbonyl (C=O) groups excluding carboxylic acids is 1. The van der Waals surface area contributed by atoms with Gasteiger partial charge in [-0.3, -0.25) is 10.0 Å². The molecule has 0 bridgehead atoms. The van der Waals surface area contributed by atoms with E-state index >= 15 is 0 Å². The maximum absolute atomic E-state index is 14.3. The Balaban J connectivity index is 1.88. The van der Waals surface area contributed by atoms with Crippen LogP contribution < -0.4 is 5.48 Å². The average molecular weight is 379 g/mol. The van der Waals surface area contributed by atoms with Gasteiger partial charge in [0.15, 0.2) is 0 Å². The summed E-state index contributed by atoms with van der Waals surface area (Å²) in [4.78, 5) is 12.8. The lowest BCUT2D eigenvalue weighted by Gasteiger charge is -2.29. The van der Waals surface area contributed by atoms with Gasteiger partial charge in [0.1, 0.15) is 5.82 Å². The molecule has 144 valence electrons. The number of rotatable bonds is 3. The Labute approximate surface area is 162 Å². The Kier molecular flexibility index (Phi) is 4.31. The number of nitrogens with one attached hydrogen (secondary N) is 1. The van der Waals surface area contributed by atoms with E-state index in [9.17, 15) is 14.4 Å². The fourth-order valence-electron chi connectivity index (χ4n) is 4.46. The van der Waals surface area contributed by atoms with Gasteiger partial charge in [0, 0.05) is 12.1 Å². The summed E-state index contributed by atoms with van der Waals surface area (Å²) in [7, 11) is 0. The van der Waals surface area contributed by atoms with Crippen LogP contribution in [0.25, 0.3) is 5.69 Å². The summed E-state index contributed by atoms with van der Waals surface area (Å²) in [6, 6.07) is 10.8. The van der Waals surface area contributed by atoms with E-state index in [0.717, 1.165) is 28.1 Å². The Morgan fingerprint density at radius 3 is 2.50 bits per heavy atom. The van der Waals surface area contributed by atoms with Crippen molar-refractivity contribution in [2.75, 3.05) is 0 Å². The molecule has 4 rings (SSSR count). The van der Waals surface area contributed by atoms with Crippen LogP contribution in [-0.4, -0.2) is 20.9 Å². The van der Waals surface area contributed by atoms with Gasteiger partial charge in [0.2, 0.25) is 0 Å². The normalized spacial score (nSPS) is 18.2. The van der Waals surface area contributed by atoms with Gasteiger partial charge in [0.05, 0.1) is 17.3 Å². The van der Waals surface area contributed by atoms with Gasteiger partial charge in [-0.25, -0.2) is 14.6 Å². The van der Waals surface area contributed by atoms with E-state index in [1.165, 1.54) is 6.07 Å². The Bertz CT molecular complexity index is 1070. The molecular weight excluding hydrogens is 357 g/mol. The van der Waals surface area contributed by atoms with Crippen molar-refractivity contribution in [1.29, 1.82) is 0 Å². The molecule has 28 heavy (non-hydrogen) atoms. The van der Waals surface area contributed by atoms with Crippen molar-refractivity contribution in [3.63, 3.8) is 0 Å². The molecule has 0 saturated carbocycles. The van der Waals surface area contributed by atoms with Crippen molar-refractivity contribution in [2.24, 2.45) is 0 Å². The largest absolute Gasteiger partial charge is 0.289 e. The maximum atomic E-state index is 14.3. The summed E-state index contributed by atoms with van der Waals surface area (Å²) in [5, 5.41) is 14.0. The number of para-hydroxylation sites is 1. The van der Waals surface area contributed by atoms with Crippen LogP contribution in [0.3, 0.4) is 0 Å². The molecule has 1 unspecified atom stereocenters. The summed E-state index contributed by atoms with van der Waals surface area (Å²) in [6.45, 7) is 5.71. The van der Waals surface area contributed by atoms with E-state index in [2.05, 4.69) is 5.10 Å². The van der Waals surface area contributed by atoms with E-state index in [4.69, 9.17) is 0 Å². The van der Waals surface area contributed by atoms with Crippen molar-refractivity contribution >= 4 is 5.91 Å². The molecule has 1 amide bonds. The van der Waals surface area contributed by atoms with Crippen LogP contribution in [0.2, 0.25) is 0 Å². The second-order valence-electron chi connectivity index (χ2n) is 7.56. The van der Waals surface area contributed by atoms with E-state index in [-0.39, 0.29) is 5.82 Å². The fourth-order valence-corrected chi connectivity index (χ4v) is 4.46. The molecule has 1 aliphatic carbocycles. The second-order valence-corrected chi connectivity index (χ2v) is 7.56. The number of hydrogen-bond acceptors (Lipinski definition) is 3. The minimum absolute atomic E-state index is 0.326. The van der Waals surface area contributed by atoms with Crippen LogP contribution in [0.15, 0.2) is 42.6 Å². The van der Waals surface area contributed by atoms with Crippen LogP contribution in [-0.2, 0) is 23.1 Å². The van der Waals surface area contributed by atoms with Crippen molar-refractivity contribution in [3.8, 4) is 5.69 Å². The molecule has 1 heterocycles. The van der Waals surface area contributed by atoms with E-state index in [1.807, 2.05) is 42.2 Å². The minimum Gasteiger partial charge on any atom is -0.289 e. The first-order chi connectivity index (χ1) is 13.4. The van der Waals surface area contributed by atoms with Crippen molar-refractivity contribution in [3.05, 3.63) is 81.9 Å². The Hall–Kier alpha value is -2.99. The first-order valence-corrected chi connectivity index (χ1v) is 9.21. The summed E-state index contributed by atoms with van der Waals surface area (Å²) in [6.07, 6.45) is 2.44. The molecule has 6 heteroatoms. The first-order valence-electron chi connectivity index (χ1n) is 9.21. The number of benzene rings is 2. The van der Waals surface area contributed by atoms with Gasteiger partial charge in [-0.1, -0.05) is 30.3 Å². The van der Waals surface area contributed by atoms with Crippen LogP contribution >= 0.6 is 0 Å². The van der Waals surface area contributed by atoms with E-state index in [1.54, 1.807) is 25.3 Å². The van der Waals surface area contributed by atoms with Crippen LogP contribution in [0.1, 0.15) is 33.5 Å². The molecule has 0 spiro atoms. The number of hydroxylamine groups is 1. The first kappa shape index (κ1) is 18.4. The van der Waals surface area contributed by atoms with Gasteiger partial charge in [-0.15, -0.1) is 0 Å². The molecule has 0 fully saturated rings. The number of fused-ring (bicyclic) bond motifs is 1. The van der Waals surface area contributed by atoms with Crippen LogP contribution in [0, 0.1) is 26.6 Å². The Morgan fingerprint density at radius 1 is 1.14 bits per heavy atom. The molecule has 0 saturated heterocycles. The lowest BCUT2D eigenvalue weighted by Crippen LogP contribution is -2.45. The predicted octanol–water partition coefficient (Wildman–Crippen LogP) is 3.48. The molecule has 0 aliphatic heterocycles. The molecule has 3 aromatic rings. The number of carbonyl (C=O) groups is 1. The molecule has 2 N–H and O–H groups in total. The quantitative estimate of drug-likeness (QED) is 0.541. The van der Waals surface area contributed by atoms with Gasteiger partial charge in [-0.05, 0) is 61.1 Å². The van der Waals surface area contributed by atoms with Crippen molar-refractivity contribution in [2.45, 2.75) is 39.0 Å². The SMILES string of the molecule is Cc1cccc(C)c1-n1ncc2c1CC(C(=O)NO)(c1cccc(F)c1C)C2. The van der Waals surface area contributed by atoms with Gasteiger partial charge < -0.3 is 0 Å². The third-order valence-corrected chi connectivity index (χ3v) is 5.89. The topological polar surface area (TPSA) is 67.2 Å². The number of nitrogens with zero attached hydrogens (tertiary/aromatic N) is 2. The molecule has 2 aromatic carbocycles. The van der Waals surface area contributed by atoms with Crippen LogP contribution in [0.4, 0.5) is 4.39 Å². The number of aryl methyl sites for hydroxylation is 2. The molecule has 1 aliphatic rings. The zero-order valence-corrected chi connectivity index (χ0v) is 16.1. The van der Waals surface area contributed by atoms with Crippen molar-refractivity contribution in [1.82, 2.24) is 15.3 Å². The van der Waals surface area contributed by atoms with Gasteiger partial charge in [-0.2, -0.15) is 5.10 Å². The maximum Gasteiger partial charge on any atom is 0.254 e. The highest BCUT2D eigenvalue weighted by atomic mass is 19.1. The average Bonchev–Trinajstić information content (AvgIpc) is 3.22. The lowest BCUT2D eigenvalue weighted by atomic mass is 9.75. The third kappa shape index (κ3) is 2.56. The number of aromatic nitrogens is 2. The van der Waals surface area contributed by atoms with Gasteiger partial charge >= 0.3 is 0 Å². The minimum atomic E-state index is -1.08. The number of hydrogen-bond donors (Lipinski definition) is 2. The molecule has 5 nitrogen and oxygen atoms in total. The standard InChI is InChI=1S/C22H22FN3O2/c1-13-6-4-7-14(2)20(13)26-19-11-22(21(27)25-28,10-16(19)12-24-26)17-8-5-9-18(23)15(17)3/h4-9,12,28H,10-11H2,1-3H3,(H,25,27). The predicted molar refractivity (Wildman–Crippen MR) is 103 cm³/mol. The number of halogens is 1. The summed E-state index contributed by atoms with van der Waals surface area (Å²) >= 11 is 0. The molecule has 1 atom stereocenters. The molecule has 1 aromatic heterocycles. The monoisotopic (exact) mass is 379 g/mol. The van der Waals surface area contributed by atoms with Crippen molar-refractivity contribution < 1.29 is 14.4 Å². The highest BCUT2D eigenvalue weighted by Gasteiger charge is 2.48. The zero-order valence-electron chi connectivity index (χ0n) is 16.1. The van der Waals surface area contributed by atoms with Gasteiger partial charge in [0.25, 0.3) is 5.91 Å². The third-order valence-electron chi connectivity index (χ3n) is 5.89. The second kappa shape index (κ2) is 6.56. The lowest BCUT2D eigenvalue weighted by molar-refractivity contribution is -0.135. The number of amides is 1. The fraction of sp³-hybridized carbons (Fsp3) is 0.273. The highest BCUT2D eigenvalue weighted by Crippen LogP contribution is 2.42. The zero-order chi connectivity index (χ0) is 20.1. The summed E-state index contributed by atoms with van der Waals surface area (Å²) < 4.78 is 16.1. The smallest absolute Gasteiger partial charge is 0.254 e. The summed E-state index contributed by atoms with van der Waals surface area (Å²) in [5.41, 5.74) is 6.72.